The van der Waals surface area contributed by atoms with Crippen molar-refractivity contribution >= 4 is 12.4 Å². The normalized spacial score (nSPS) is 14.9. The number of phenolic OH excluding ortho intramolecular Hbond substituents is 2. The summed E-state index contributed by atoms with van der Waals surface area (Å²) in [6.45, 7) is -1.24. The van der Waals surface area contributed by atoms with Crippen LogP contribution in [0.4, 0.5) is 79.0 Å². The van der Waals surface area contributed by atoms with Crippen LogP contribution in [0, 0.1) is 0 Å². The second-order valence-corrected chi connectivity index (χ2v) is 9.06. The average molecular weight is 704 g/mol. The van der Waals surface area contributed by atoms with Gasteiger partial charge in [-0.05, 0) is 36.4 Å². The smallest absolute Gasteiger partial charge is 0.460 e. The minimum absolute atomic E-state index is 0.0818. The van der Waals surface area contributed by atoms with Gasteiger partial charge in [-0.15, -0.1) is 0 Å². The van der Waals surface area contributed by atoms with Gasteiger partial charge in [0.05, 0.1) is 13.1 Å². The molecule has 0 unspecified atom stereocenters. The molecule has 258 valence electrons. The van der Waals surface area contributed by atoms with E-state index in [2.05, 4.69) is 9.98 Å². The number of nitrogens with zero attached hydrogens (tertiary/aromatic N) is 2. The first kappa shape index (κ1) is 38.3. The lowest BCUT2D eigenvalue weighted by atomic mass is 9.95. The Bertz CT molecular complexity index is 1350. The number of hydrogen-bond donors (Lipinski definition) is 2. The molecule has 0 aliphatic carbocycles. The second-order valence-electron chi connectivity index (χ2n) is 9.06. The van der Waals surface area contributed by atoms with Crippen LogP contribution in [0.15, 0.2) is 46.4 Å². The van der Waals surface area contributed by atoms with Crippen LogP contribution in [0.3, 0.4) is 0 Å². The lowest BCUT2D eigenvalue weighted by molar-refractivity contribution is -0.399. The Morgan fingerprint density at radius 1 is 0.457 bits per heavy atom. The summed E-state index contributed by atoms with van der Waals surface area (Å²) in [6, 6.07) is 0.0755. The van der Waals surface area contributed by atoms with Gasteiger partial charge in [0.25, 0.3) is 0 Å². The maximum Gasteiger partial charge on any atom is 0.460 e. The van der Waals surface area contributed by atoms with Gasteiger partial charge < -0.3 is 10.2 Å². The molecule has 2 N–H and O–H groups in total. The van der Waals surface area contributed by atoms with Crippen molar-refractivity contribution in [3.8, 4) is 11.5 Å². The molecular weight excluding hydrogens is 690 g/mol. The van der Waals surface area contributed by atoms with Crippen LogP contribution in [0.1, 0.15) is 22.3 Å². The predicted octanol–water partition coefficient (Wildman–Crippen LogP) is 8.49. The molecule has 0 amide bonds. The molecular formula is C24H14F18N2O2. The Hall–Kier alpha value is -3.88. The van der Waals surface area contributed by atoms with Crippen LogP contribution in [-0.2, 0) is 11.8 Å². The molecule has 2 aromatic carbocycles. The van der Waals surface area contributed by atoms with E-state index in [0.29, 0.717) is 12.4 Å². The number of phenols is 2. The zero-order valence-electron chi connectivity index (χ0n) is 21.6. The summed E-state index contributed by atoms with van der Waals surface area (Å²) in [5, 5.41) is 19.4. The fourth-order valence-electron chi connectivity index (χ4n) is 3.26. The fourth-order valence-corrected chi connectivity index (χ4v) is 3.26. The number of aliphatic imine (C=N–C) groups is 2. The Balaban J connectivity index is 2.25. The van der Waals surface area contributed by atoms with E-state index >= 15 is 0 Å². The van der Waals surface area contributed by atoms with Crippen LogP contribution in [0.5, 0.6) is 11.5 Å². The number of rotatable bonds is 11. The summed E-state index contributed by atoms with van der Waals surface area (Å²) >= 11 is 0. The van der Waals surface area contributed by atoms with E-state index in [-0.39, 0.29) is 36.4 Å². The molecule has 0 aliphatic heterocycles. The SMILES string of the molecule is Oc1ccc(C(F)(F)C(F)(F)C(F)(F)C(F)(F)F)cc1C=NCCN=Cc1cc(C(F)(F)C(F)(F)C(F)(F)C(F)(F)F)ccc1O. The second kappa shape index (κ2) is 12.0. The van der Waals surface area contributed by atoms with E-state index in [1.54, 1.807) is 0 Å². The molecule has 4 nitrogen and oxygen atoms in total. The minimum Gasteiger partial charge on any atom is -0.507 e. The van der Waals surface area contributed by atoms with Gasteiger partial charge in [0.15, 0.2) is 0 Å². The van der Waals surface area contributed by atoms with Gasteiger partial charge in [-0.3, -0.25) is 9.98 Å². The minimum atomic E-state index is -7.20. The number of aromatic hydroxyl groups is 2. The highest BCUT2D eigenvalue weighted by atomic mass is 19.4. The van der Waals surface area contributed by atoms with Crippen molar-refractivity contribution in [2.45, 2.75) is 47.9 Å². The first-order valence-corrected chi connectivity index (χ1v) is 11.6. The maximum atomic E-state index is 14.2. The molecule has 0 radical (unpaired) electrons. The van der Waals surface area contributed by atoms with Gasteiger partial charge in [0.1, 0.15) is 11.5 Å². The van der Waals surface area contributed by atoms with Crippen molar-refractivity contribution in [3.63, 3.8) is 0 Å². The zero-order valence-corrected chi connectivity index (χ0v) is 21.6. The van der Waals surface area contributed by atoms with Crippen LogP contribution in [-0.4, -0.2) is 71.8 Å². The van der Waals surface area contributed by atoms with Crippen molar-refractivity contribution < 1.29 is 89.2 Å². The van der Waals surface area contributed by atoms with Gasteiger partial charge in [-0.2, -0.15) is 79.0 Å². The molecule has 0 fully saturated rings. The highest BCUT2D eigenvalue weighted by Crippen LogP contribution is 2.58. The molecule has 0 saturated carbocycles. The number of benzene rings is 2. The summed E-state index contributed by atoms with van der Waals surface area (Å²) in [7, 11) is 0. The van der Waals surface area contributed by atoms with Gasteiger partial charge in [0, 0.05) is 34.7 Å². The molecule has 22 heteroatoms. The van der Waals surface area contributed by atoms with Gasteiger partial charge in [-0.1, -0.05) is 0 Å². The molecule has 0 atom stereocenters. The van der Waals surface area contributed by atoms with E-state index in [4.69, 9.17) is 0 Å². The third-order valence-corrected chi connectivity index (χ3v) is 5.89. The molecule has 0 aromatic heterocycles. The van der Waals surface area contributed by atoms with Gasteiger partial charge in [-0.25, -0.2) is 0 Å². The topological polar surface area (TPSA) is 65.2 Å². The summed E-state index contributed by atoms with van der Waals surface area (Å²) < 4.78 is 238. The lowest BCUT2D eigenvalue weighted by Crippen LogP contribution is -2.59. The molecule has 0 heterocycles. The average Bonchev–Trinajstić information content (AvgIpc) is 2.90. The maximum absolute atomic E-state index is 14.2. The van der Waals surface area contributed by atoms with Crippen LogP contribution in [0.2, 0.25) is 0 Å². The summed E-state index contributed by atoms with van der Waals surface area (Å²) in [5.74, 6) is -42.8. The number of hydrogen-bond acceptors (Lipinski definition) is 4. The third kappa shape index (κ3) is 6.51. The Morgan fingerprint density at radius 3 is 1.00 bits per heavy atom. The molecule has 0 aliphatic rings. The van der Waals surface area contributed by atoms with Crippen molar-refractivity contribution in [2.24, 2.45) is 9.98 Å². The van der Waals surface area contributed by atoms with Crippen molar-refractivity contribution in [1.82, 2.24) is 0 Å². The van der Waals surface area contributed by atoms with Crippen molar-refractivity contribution in [1.29, 1.82) is 0 Å². The summed E-state index contributed by atoms with van der Waals surface area (Å²) in [5.41, 5.74) is -6.05. The summed E-state index contributed by atoms with van der Waals surface area (Å²) in [4.78, 5) is 6.88. The van der Waals surface area contributed by atoms with Crippen LogP contribution in [0.25, 0.3) is 0 Å². The van der Waals surface area contributed by atoms with Gasteiger partial charge in [0.2, 0.25) is 0 Å². The molecule has 0 spiro atoms. The van der Waals surface area contributed by atoms with E-state index in [0.717, 1.165) is 0 Å². The zero-order chi connectivity index (χ0) is 35.9. The van der Waals surface area contributed by atoms with E-state index < -0.39 is 94.7 Å². The van der Waals surface area contributed by atoms with Crippen molar-refractivity contribution in [2.75, 3.05) is 13.1 Å². The highest BCUT2D eigenvalue weighted by Gasteiger charge is 2.83. The molecule has 46 heavy (non-hydrogen) atoms. The van der Waals surface area contributed by atoms with Gasteiger partial charge >= 0.3 is 47.9 Å². The van der Waals surface area contributed by atoms with Crippen LogP contribution >= 0.6 is 0 Å². The number of halogens is 18. The highest BCUT2D eigenvalue weighted by molar-refractivity contribution is 5.84. The standard InChI is InChI=1S/C24H14F18N2O2/c25-17(26,19(29,30)21(33,34)23(37,38)39)13-1-3-15(45)11(7-13)9-43-5-6-44-10-12-8-14(2-4-16(12)46)18(27,28)20(31,32)22(35,36)24(40,41)42/h1-4,7-10,45-46H,5-6H2. The fraction of sp³-hybridized carbons (Fsp3) is 0.417. The molecule has 2 aromatic rings. The third-order valence-electron chi connectivity index (χ3n) is 5.89. The molecule has 0 bridgehead atoms. The van der Waals surface area contributed by atoms with Crippen LogP contribution < -0.4 is 0 Å². The predicted molar refractivity (Wildman–Crippen MR) is 121 cm³/mol. The van der Waals surface area contributed by atoms with E-state index in [1.165, 1.54) is 0 Å². The largest absolute Gasteiger partial charge is 0.507 e. The first-order chi connectivity index (χ1) is 20.5. The quantitative estimate of drug-likeness (QED) is 0.140. The van der Waals surface area contributed by atoms with E-state index in [1.807, 2.05) is 0 Å². The monoisotopic (exact) mass is 704 g/mol. The Labute approximate surface area is 243 Å². The Kier molecular flexibility index (Phi) is 10.0. The Morgan fingerprint density at radius 2 is 0.739 bits per heavy atom. The molecule has 0 saturated heterocycles. The van der Waals surface area contributed by atoms with E-state index in [9.17, 15) is 89.2 Å². The first-order valence-electron chi connectivity index (χ1n) is 11.6. The lowest BCUT2D eigenvalue weighted by Gasteiger charge is -2.33. The summed E-state index contributed by atoms with van der Waals surface area (Å²) in [6.07, 6.45) is -13.3. The van der Waals surface area contributed by atoms with Crippen molar-refractivity contribution in [3.05, 3.63) is 58.7 Å². The number of alkyl halides is 18. The molecule has 2 rings (SSSR count).